The number of carbonyl (C=O) groups excluding carboxylic acids is 1. The van der Waals surface area contributed by atoms with Gasteiger partial charge in [0.1, 0.15) is 17.3 Å². The number of sulfonamides is 1. The first-order chi connectivity index (χ1) is 16.7. The first-order valence-corrected chi connectivity index (χ1v) is 13.5. The second-order valence-electron chi connectivity index (χ2n) is 9.27. The van der Waals surface area contributed by atoms with Gasteiger partial charge in [0, 0.05) is 24.2 Å². The van der Waals surface area contributed by atoms with E-state index in [4.69, 9.17) is 0 Å². The van der Waals surface area contributed by atoms with Crippen LogP contribution in [0.15, 0.2) is 30.3 Å². The second kappa shape index (κ2) is 10.6. The van der Waals surface area contributed by atoms with Crippen molar-refractivity contribution in [1.29, 1.82) is 0 Å². The number of alkyl halides is 3. The standard InChI is InChI=1S/C24H30F4N4O3S/c1-14-6-5-7-15(2)32(14)22-18(9-11-21(30-22)24(26,27)28)13-29-23(33)16(3)17-8-10-20(19(25)12-17)31-36(4,34)35/h8-12,14-16,31H,5-7,13H2,1-4H3,(H,29,33). The van der Waals surface area contributed by atoms with E-state index in [1.54, 1.807) is 6.92 Å². The molecule has 2 N–H and O–H groups in total. The number of benzene rings is 1. The molecule has 12 heteroatoms. The molecular formula is C24H30F4N4O3S. The minimum atomic E-state index is -4.60. The fourth-order valence-electron chi connectivity index (χ4n) is 4.41. The van der Waals surface area contributed by atoms with Crippen molar-refractivity contribution in [2.24, 2.45) is 0 Å². The Balaban J connectivity index is 1.81. The zero-order valence-electron chi connectivity index (χ0n) is 20.5. The highest BCUT2D eigenvalue weighted by atomic mass is 32.2. The normalized spacial score (nSPS) is 19.6. The Bertz CT molecular complexity index is 1210. The van der Waals surface area contributed by atoms with E-state index >= 15 is 0 Å². The van der Waals surface area contributed by atoms with Gasteiger partial charge in [-0.25, -0.2) is 17.8 Å². The second-order valence-corrected chi connectivity index (χ2v) is 11.0. The maximum absolute atomic E-state index is 14.4. The molecule has 1 amide bonds. The van der Waals surface area contributed by atoms with Crippen LogP contribution >= 0.6 is 0 Å². The van der Waals surface area contributed by atoms with Crippen molar-refractivity contribution in [1.82, 2.24) is 10.3 Å². The fraction of sp³-hybridized carbons (Fsp3) is 0.500. The molecule has 1 fully saturated rings. The zero-order chi connectivity index (χ0) is 26.8. The van der Waals surface area contributed by atoms with Crippen LogP contribution in [0.4, 0.5) is 29.1 Å². The van der Waals surface area contributed by atoms with E-state index in [0.29, 0.717) is 11.1 Å². The number of rotatable bonds is 7. The summed E-state index contributed by atoms with van der Waals surface area (Å²) in [6.07, 6.45) is -1.10. The number of amides is 1. The maximum atomic E-state index is 14.4. The third kappa shape index (κ3) is 6.65. The summed E-state index contributed by atoms with van der Waals surface area (Å²) in [5.41, 5.74) is -0.473. The topological polar surface area (TPSA) is 91.4 Å². The van der Waals surface area contributed by atoms with E-state index in [-0.39, 0.29) is 30.1 Å². The summed E-state index contributed by atoms with van der Waals surface area (Å²) >= 11 is 0. The molecule has 0 spiro atoms. The Morgan fingerprint density at radius 2 is 1.81 bits per heavy atom. The summed E-state index contributed by atoms with van der Waals surface area (Å²) in [6, 6.07) is 5.93. The highest BCUT2D eigenvalue weighted by Gasteiger charge is 2.35. The number of hydrogen-bond acceptors (Lipinski definition) is 5. The first kappa shape index (κ1) is 27.7. The molecule has 36 heavy (non-hydrogen) atoms. The summed E-state index contributed by atoms with van der Waals surface area (Å²) in [5.74, 6) is -1.91. The van der Waals surface area contributed by atoms with Crippen LogP contribution in [0.2, 0.25) is 0 Å². The molecule has 1 aliphatic heterocycles. The van der Waals surface area contributed by atoms with Gasteiger partial charge in [-0.3, -0.25) is 9.52 Å². The summed E-state index contributed by atoms with van der Waals surface area (Å²) in [5, 5.41) is 2.72. The predicted molar refractivity (Wildman–Crippen MR) is 130 cm³/mol. The number of carbonyl (C=O) groups is 1. The van der Waals surface area contributed by atoms with Gasteiger partial charge in [0.25, 0.3) is 0 Å². The average Bonchev–Trinajstić information content (AvgIpc) is 2.77. The predicted octanol–water partition coefficient (Wildman–Crippen LogP) is 4.80. The quantitative estimate of drug-likeness (QED) is 0.502. The Morgan fingerprint density at radius 3 is 2.36 bits per heavy atom. The van der Waals surface area contributed by atoms with E-state index < -0.39 is 39.5 Å². The van der Waals surface area contributed by atoms with Crippen LogP contribution in [0.1, 0.15) is 62.8 Å². The number of aromatic nitrogens is 1. The number of nitrogens with zero attached hydrogens (tertiary/aromatic N) is 2. The average molecular weight is 531 g/mol. The van der Waals surface area contributed by atoms with E-state index in [1.165, 1.54) is 18.2 Å². The smallest absolute Gasteiger partial charge is 0.351 e. The van der Waals surface area contributed by atoms with Gasteiger partial charge in [-0.05, 0) is 63.8 Å². The molecule has 1 aromatic carbocycles. The van der Waals surface area contributed by atoms with Gasteiger partial charge in [0.05, 0.1) is 17.9 Å². The summed E-state index contributed by atoms with van der Waals surface area (Å²) in [6.45, 7) is 5.38. The molecule has 3 atom stereocenters. The number of nitrogens with one attached hydrogen (secondary N) is 2. The Morgan fingerprint density at radius 1 is 1.17 bits per heavy atom. The number of hydrogen-bond donors (Lipinski definition) is 2. The lowest BCUT2D eigenvalue weighted by Gasteiger charge is -2.41. The van der Waals surface area contributed by atoms with Gasteiger partial charge in [0.15, 0.2) is 0 Å². The van der Waals surface area contributed by atoms with Gasteiger partial charge < -0.3 is 10.2 Å². The number of piperidine rings is 1. The van der Waals surface area contributed by atoms with Crippen LogP contribution in [0.5, 0.6) is 0 Å². The first-order valence-electron chi connectivity index (χ1n) is 11.6. The molecule has 198 valence electrons. The highest BCUT2D eigenvalue weighted by Crippen LogP contribution is 2.34. The fourth-order valence-corrected chi connectivity index (χ4v) is 4.97. The third-order valence-electron chi connectivity index (χ3n) is 6.32. The van der Waals surface area contributed by atoms with Crippen molar-refractivity contribution in [3.63, 3.8) is 0 Å². The number of anilines is 2. The van der Waals surface area contributed by atoms with Crippen molar-refractivity contribution in [3.05, 3.63) is 53.0 Å². The van der Waals surface area contributed by atoms with Gasteiger partial charge in [0.2, 0.25) is 15.9 Å². The monoisotopic (exact) mass is 530 g/mol. The SMILES string of the molecule is CC(C(=O)NCc1ccc(C(F)(F)F)nc1N1C(C)CCCC1C)c1ccc(NS(C)(=O)=O)c(F)c1. The lowest BCUT2D eigenvalue weighted by Crippen LogP contribution is -2.45. The number of pyridine rings is 1. The van der Waals surface area contributed by atoms with E-state index in [9.17, 15) is 30.8 Å². The molecule has 0 saturated carbocycles. The van der Waals surface area contributed by atoms with Crippen LogP contribution in [0, 0.1) is 5.82 Å². The molecule has 3 rings (SSSR count). The van der Waals surface area contributed by atoms with Crippen LogP contribution in [0.25, 0.3) is 0 Å². The Kier molecular flexibility index (Phi) is 8.17. The van der Waals surface area contributed by atoms with Gasteiger partial charge >= 0.3 is 6.18 Å². The lowest BCUT2D eigenvalue weighted by molar-refractivity contribution is -0.141. The van der Waals surface area contributed by atoms with E-state index in [0.717, 1.165) is 37.7 Å². The largest absolute Gasteiger partial charge is 0.433 e. The minimum Gasteiger partial charge on any atom is -0.351 e. The molecule has 2 aromatic rings. The van der Waals surface area contributed by atoms with Gasteiger partial charge in [-0.2, -0.15) is 13.2 Å². The molecule has 1 aliphatic rings. The molecule has 1 aromatic heterocycles. The van der Waals surface area contributed by atoms with Crippen molar-refractivity contribution in [2.45, 2.75) is 70.8 Å². The minimum absolute atomic E-state index is 0.0138. The number of halogens is 4. The molecule has 0 aliphatic carbocycles. The molecular weight excluding hydrogens is 500 g/mol. The molecule has 1 saturated heterocycles. The maximum Gasteiger partial charge on any atom is 0.433 e. The van der Waals surface area contributed by atoms with Crippen LogP contribution in [0.3, 0.4) is 0 Å². The van der Waals surface area contributed by atoms with Crippen LogP contribution in [-0.2, 0) is 27.5 Å². The van der Waals surface area contributed by atoms with Gasteiger partial charge in [-0.15, -0.1) is 0 Å². The summed E-state index contributed by atoms with van der Waals surface area (Å²) in [7, 11) is -3.67. The third-order valence-corrected chi connectivity index (χ3v) is 6.91. The highest BCUT2D eigenvalue weighted by molar-refractivity contribution is 7.92. The zero-order valence-corrected chi connectivity index (χ0v) is 21.3. The molecule has 2 heterocycles. The van der Waals surface area contributed by atoms with Crippen LogP contribution < -0.4 is 14.9 Å². The van der Waals surface area contributed by atoms with Crippen molar-refractivity contribution in [2.75, 3.05) is 15.9 Å². The van der Waals surface area contributed by atoms with E-state index in [2.05, 4.69) is 15.0 Å². The van der Waals surface area contributed by atoms with Crippen molar-refractivity contribution >= 4 is 27.4 Å². The van der Waals surface area contributed by atoms with Gasteiger partial charge in [-0.1, -0.05) is 12.1 Å². The molecule has 0 radical (unpaired) electrons. The van der Waals surface area contributed by atoms with Crippen LogP contribution in [-0.4, -0.2) is 37.6 Å². The Hall–Kier alpha value is -2.89. The van der Waals surface area contributed by atoms with Crippen molar-refractivity contribution in [3.8, 4) is 0 Å². The molecule has 3 unspecified atom stereocenters. The van der Waals surface area contributed by atoms with E-state index in [1.807, 2.05) is 18.7 Å². The van der Waals surface area contributed by atoms with Crippen molar-refractivity contribution < 1.29 is 30.8 Å². The lowest BCUT2D eigenvalue weighted by atomic mass is 9.96. The Labute approximate surface area is 208 Å². The summed E-state index contributed by atoms with van der Waals surface area (Å²) in [4.78, 5) is 18.7. The summed E-state index contributed by atoms with van der Waals surface area (Å²) < 4.78 is 79.3. The molecule has 7 nitrogen and oxygen atoms in total. The molecule has 0 bridgehead atoms.